The molecule has 0 radical (unpaired) electrons. The van der Waals surface area contributed by atoms with Gasteiger partial charge in [0.1, 0.15) is 11.2 Å². The van der Waals surface area contributed by atoms with Crippen LogP contribution in [0.3, 0.4) is 0 Å². The lowest BCUT2D eigenvalue weighted by atomic mass is 9.67. The summed E-state index contributed by atoms with van der Waals surface area (Å²) in [4.78, 5) is 0. The molecule has 242 valence electrons. The first-order valence-electron chi connectivity index (χ1n) is 17.9. The van der Waals surface area contributed by atoms with Gasteiger partial charge < -0.3 is 8.98 Å². The fourth-order valence-electron chi connectivity index (χ4n) is 9.45. The van der Waals surface area contributed by atoms with Gasteiger partial charge in [0.05, 0.1) is 21.8 Å². The Hall–Kier alpha value is -6.42. The van der Waals surface area contributed by atoms with Gasteiger partial charge in [-0.15, -0.1) is 11.3 Å². The Morgan fingerprint density at radius 2 is 1.12 bits per heavy atom. The molecule has 0 bridgehead atoms. The van der Waals surface area contributed by atoms with Crippen molar-refractivity contribution >= 4 is 75.3 Å². The van der Waals surface area contributed by atoms with Crippen LogP contribution in [0.2, 0.25) is 0 Å². The molecule has 12 rings (SSSR count). The first-order chi connectivity index (χ1) is 25.8. The number of thiophene rings is 1. The number of fused-ring (bicyclic) bond motifs is 15. The summed E-state index contributed by atoms with van der Waals surface area (Å²) in [7, 11) is 0. The second-order valence-electron chi connectivity index (χ2n) is 13.9. The van der Waals surface area contributed by atoms with E-state index in [-0.39, 0.29) is 0 Å². The number of furan rings is 1. The zero-order chi connectivity index (χ0) is 34.0. The summed E-state index contributed by atoms with van der Waals surface area (Å²) in [6.45, 7) is 0. The smallest absolute Gasteiger partial charge is 0.146 e. The van der Waals surface area contributed by atoms with Crippen molar-refractivity contribution in [1.82, 2.24) is 4.57 Å². The fraction of sp³-hybridized carbons (Fsp3) is 0.0204. The van der Waals surface area contributed by atoms with E-state index < -0.39 is 5.41 Å². The number of aromatic nitrogens is 1. The number of hydrogen-bond acceptors (Lipinski definition) is 2. The van der Waals surface area contributed by atoms with Crippen molar-refractivity contribution in [2.45, 2.75) is 5.41 Å². The first-order valence-corrected chi connectivity index (χ1v) is 18.7. The van der Waals surface area contributed by atoms with Crippen LogP contribution in [0, 0.1) is 0 Å². The lowest BCUT2D eigenvalue weighted by Crippen LogP contribution is -2.28. The summed E-state index contributed by atoms with van der Waals surface area (Å²) in [6, 6.07) is 64.5. The molecular formula is C49H29NOS. The van der Waals surface area contributed by atoms with Crippen molar-refractivity contribution in [3.63, 3.8) is 0 Å². The molecule has 3 heteroatoms. The van der Waals surface area contributed by atoms with Gasteiger partial charge in [0.25, 0.3) is 0 Å². The van der Waals surface area contributed by atoms with Gasteiger partial charge in [-0.05, 0) is 63.7 Å². The van der Waals surface area contributed by atoms with Crippen LogP contribution >= 0.6 is 11.3 Å². The van der Waals surface area contributed by atoms with Crippen LogP contribution in [0.1, 0.15) is 22.3 Å². The third kappa shape index (κ3) is 3.48. The quantitative estimate of drug-likeness (QED) is 0.182. The zero-order valence-corrected chi connectivity index (χ0v) is 28.8. The molecular weight excluding hydrogens is 651 g/mol. The Bertz CT molecular complexity index is 3170. The molecule has 1 aliphatic carbocycles. The normalized spacial score (nSPS) is 13.5. The molecule has 52 heavy (non-hydrogen) atoms. The fourth-order valence-corrected chi connectivity index (χ4v) is 10.7. The van der Waals surface area contributed by atoms with E-state index in [0.717, 1.165) is 22.2 Å². The number of hydrogen-bond donors (Lipinski definition) is 0. The zero-order valence-electron chi connectivity index (χ0n) is 28.0. The SMILES string of the molecule is c1ccc(C2(c3ccccc3)c3ccccc3-c3ccc(-n4c5ccccc5c5c6sc7ccccc7c6c6oc7ccccc7c6c54)cc32)cc1. The molecule has 11 aromatic rings. The minimum Gasteiger partial charge on any atom is -0.455 e. The predicted molar refractivity (Wildman–Crippen MR) is 218 cm³/mol. The van der Waals surface area contributed by atoms with Crippen molar-refractivity contribution in [2.75, 3.05) is 0 Å². The van der Waals surface area contributed by atoms with Crippen molar-refractivity contribution < 1.29 is 4.42 Å². The van der Waals surface area contributed by atoms with Crippen molar-refractivity contribution in [1.29, 1.82) is 0 Å². The van der Waals surface area contributed by atoms with E-state index in [1.54, 1.807) is 0 Å². The van der Waals surface area contributed by atoms with Gasteiger partial charge >= 0.3 is 0 Å². The molecule has 0 saturated heterocycles. The standard InChI is InChI=1S/C49H29NOS/c1-3-15-30(16-4-1)49(31-17-5-2-6-18-31)38-23-11-7-19-33(38)34-28-27-32(29-39(34)49)50-40-24-12-8-20-35(40)44-46(50)43-36-21-9-13-25-41(36)51-47(43)45-37-22-10-14-26-42(37)52-48(44)45/h1-29H. The minimum absolute atomic E-state index is 0.486. The average Bonchev–Trinajstić information content (AvgIpc) is 3.95. The van der Waals surface area contributed by atoms with E-state index in [2.05, 4.69) is 180 Å². The average molecular weight is 680 g/mol. The molecule has 0 N–H and O–H groups in total. The molecule has 2 nitrogen and oxygen atoms in total. The summed E-state index contributed by atoms with van der Waals surface area (Å²) in [6.07, 6.45) is 0. The second kappa shape index (κ2) is 10.3. The maximum atomic E-state index is 6.89. The van der Waals surface area contributed by atoms with E-state index >= 15 is 0 Å². The Labute approximate surface area is 303 Å². The molecule has 8 aromatic carbocycles. The Kier molecular flexibility index (Phi) is 5.62. The molecule has 0 fully saturated rings. The third-order valence-electron chi connectivity index (χ3n) is 11.5. The number of benzene rings is 8. The van der Waals surface area contributed by atoms with Crippen LogP contribution in [-0.4, -0.2) is 4.57 Å². The molecule has 0 spiro atoms. The summed E-state index contributed by atoms with van der Waals surface area (Å²) < 4.78 is 11.9. The van der Waals surface area contributed by atoms with Crippen LogP contribution < -0.4 is 0 Å². The summed E-state index contributed by atoms with van der Waals surface area (Å²) >= 11 is 1.87. The topological polar surface area (TPSA) is 18.1 Å². The van der Waals surface area contributed by atoms with Crippen LogP contribution in [0.25, 0.3) is 80.7 Å². The van der Waals surface area contributed by atoms with Gasteiger partial charge in [-0.1, -0.05) is 146 Å². The van der Waals surface area contributed by atoms with Crippen LogP contribution in [0.5, 0.6) is 0 Å². The molecule has 0 atom stereocenters. The van der Waals surface area contributed by atoms with Crippen molar-refractivity contribution in [2.24, 2.45) is 0 Å². The summed E-state index contributed by atoms with van der Waals surface area (Å²) in [5.74, 6) is 0. The molecule has 0 amide bonds. The number of para-hydroxylation sites is 2. The summed E-state index contributed by atoms with van der Waals surface area (Å²) in [5, 5.41) is 7.29. The maximum Gasteiger partial charge on any atom is 0.146 e. The van der Waals surface area contributed by atoms with Crippen LogP contribution in [0.4, 0.5) is 0 Å². The van der Waals surface area contributed by atoms with E-state index in [0.29, 0.717) is 0 Å². The minimum atomic E-state index is -0.486. The highest BCUT2D eigenvalue weighted by molar-refractivity contribution is 7.27. The monoisotopic (exact) mass is 679 g/mol. The molecule has 3 heterocycles. The number of nitrogens with zero attached hydrogens (tertiary/aromatic N) is 1. The van der Waals surface area contributed by atoms with E-state index in [1.165, 1.54) is 80.7 Å². The second-order valence-corrected chi connectivity index (χ2v) is 15.0. The van der Waals surface area contributed by atoms with E-state index in [1.807, 2.05) is 11.3 Å². The largest absolute Gasteiger partial charge is 0.455 e. The lowest BCUT2D eigenvalue weighted by Gasteiger charge is -2.34. The van der Waals surface area contributed by atoms with Gasteiger partial charge in [0.15, 0.2) is 0 Å². The first kappa shape index (κ1) is 28.3. The highest BCUT2D eigenvalue weighted by Gasteiger charge is 2.46. The molecule has 0 aliphatic heterocycles. The lowest BCUT2D eigenvalue weighted by molar-refractivity contribution is 0.673. The van der Waals surface area contributed by atoms with Crippen LogP contribution in [0.15, 0.2) is 180 Å². The molecule has 3 aromatic heterocycles. The number of rotatable bonds is 3. The van der Waals surface area contributed by atoms with Gasteiger partial charge in [-0.2, -0.15) is 0 Å². The van der Waals surface area contributed by atoms with E-state index in [9.17, 15) is 0 Å². The van der Waals surface area contributed by atoms with E-state index in [4.69, 9.17) is 4.42 Å². The Morgan fingerprint density at radius 3 is 1.92 bits per heavy atom. The van der Waals surface area contributed by atoms with Gasteiger partial charge in [0, 0.05) is 42.0 Å². The van der Waals surface area contributed by atoms with Gasteiger partial charge in [-0.3, -0.25) is 0 Å². The van der Waals surface area contributed by atoms with Gasteiger partial charge in [0.2, 0.25) is 0 Å². The predicted octanol–water partition coefficient (Wildman–Crippen LogP) is 13.4. The third-order valence-corrected chi connectivity index (χ3v) is 12.6. The van der Waals surface area contributed by atoms with Crippen molar-refractivity contribution in [3.8, 4) is 16.8 Å². The molecule has 1 aliphatic rings. The summed E-state index contributed by atoms with van der Waals surface area (Å²) in [5.41, 5.74) is 12.6. The Balaban J connectivity index is 1.28. The van der Waals surface area contributed by atoms with Gasteiger partial charge in [-0.25, -0.2) is 0 Å². The highest BCUT2D eigenvalue weighted by atomic mass is 32.1. The molecule has 0 unspecified atom stereocenters. The molecule has 0 saturated carbocycles. The van der Waals surface area contributed by atoms with Crippen LogP contribution in [-0.2, 0) is 5.41 Å². The highest BCUT2D eigenvalue weighted by Crippen LogP contribution is 2.57. The Morgan fingerprint density at radius 1 is 0.481 bits per heavy atom. The van der Waals surface area contributed by atoms with Crippen molar-refractivity contribution in [3.05, 3.63) is 198 Å². The maximum absolute atomic E-state index is 6.89.